The first kappa shape index (κ1) is 14.7. The summed E-state index contributed by atoms with van der Waals surface area (Å²) in [6.45, 7) is 2.31. The lowest BCUT2D eigenvalue weighted by Gasteiger charge is -2.18. The Morgan fingerprint density at radius 2 is 1.00 bits per heavy atom. The van der Waals surface area contributed by atoms with Crippen molar-refractivity contribution in [3.63, 3.8) is 0 Å². The molecule has 2 rings (SSSR count). The zero-order valence-corrected chi connectivity index (χ0v) is 7.16. The summed E-state index contributed by atoms with van der Waals surface area (Å²) in [6.07, 6.45) is 4.46. The molecule has 0 saturated heterocycles. The van der Waals surface area contributed by atoms with Crippen LogP contribution in [0.3, 0.4) is 0 Å². The van der Waals surface area contributed by atoms with Crippen LogP contribution in [0.15, 0.2) is 36.4 Å². The molecule has 0 unspecified atom stereocenters. The van der Waals surface area contributed by atoms with E-state index in [1.54, 1.807) is 0 Å². The van der Waals surface area contributed by atoms with Gasteiger partial charge in [-0.3, -0.25) is 0 Å². The van der Waals surface area contributed by atoms with Crippen molar-refractivity contribution in [2.24, 2.45) is 5.92 Å². The Morgan fingerprint density at radius 3 is 1.08 bits per heavy atom. The minimum absolute atomic E-state index is 0. The molecule has 1 aromatic carbocycles. The smallest absolute Gasteiger partial charge is 0.0443 e. The van der Waals surface area contributed by atoms with Gasteiger partial charge in [0.1, 0.15) is 0 Å². The summed E-state index contributed by atoms with van der Waals surface area (Å²) in [7, 11) is 0. The molecule has 0 amide bonds. The van der Waals surface area contributed by atoms with Crippen LogP contribution in [0.2, 0.25) is 0 Å². The average molecular weight is 180 g/mol. The van der Waals surface area contributed by atoms with E-state index in [0.29, 0.717) is 0 Å². The lowest BCUT2D eigenvalue weighted by atomic mass is 9.88. The predicted molar refractivity (Wildman–Crippen MR) is 62.9 cm³/mol. The molecule has 0 aliphatic heterocycles. The van der Waals surface area contributed by atoms with E-state index in [1.807, 2.05) is 36.4 Å². The molecule has 0 atom stereocenters. The fourth-order valence-corrected chi connectivity index (χ4v) is 0.997. The van der Waals surface area contributed by atoms with E-state index in [0.717, 1.165) is 5.92 Å². The maximum Gasteiger partial charge on any atom is -0.0443 e. The Bertz CT molecular complexity index is 136. The second kappa shape index (κ2) is 9.31. The first-order valence-corrected chi connectivity index (χ1v) is 4.39. The number of hydrogen-bond donors (Lipinski definition) is 0. The number of rotatable bonds is 0. The SMILES string of the molecule is C.C.CC1CCC1.c1ccccc1. The van der Waals surface area contributed by atoms with E-state index in [2.05, 4.69) is 6.92 Å². The van der Waals surface area contributed by atoms with E-state index < -0.39 is 0 Å². The molecule has 0 aromatic heterocycles. The molecular weight excluding hydrogens is 156 g/mol. The van der Waals surface area contributed by atoms with E-state index in [9.17, 15) is 0 Å². The van der Waals surface area contributed by atoms with Crippen LogP contribution in [0.4, 0.5) is 0 Å². The van der Waals surface area contributed by atoms with Gasteiger partial charge in [0.2, 0.25) is 0 Å². The molecule has 0 nitrogen and oxygen atoms in total. The maximum atomic E-state index is 2.31. The molecule has 0 spiro atoms. The number of hydrogen-bond acceptors (Lipinski definition) is 0. The Morgan fingerprint density at radius 1 is 0.769 bits per heavy atom. The Kier molecular flexibility index (Phi) is 10.5. The fourth-order valence-electron chi connectivity index (χ4n) is 0.997. The molecule has 13 heavy (non-hydrogen) atoms. The highest BCUT2D eigenvalue weighted by molar-refractivity contribution is 4.99. The van der Waals surface area contributed by atoms with Crippen molar-refractivity contribution in [1.82, 2.24) is 0 Å². The molecule has 76 valence electrons. The van der Waals surface area contributed by atoms with Crippen molar-refractivity contribution in [2.75, 3.05) is 0 Å². The summed E-state index contributed by atoms with van der Waals surface area (Å²) in [5, 5.41) is 0. The van der Waals surface area contributed by atoms with Crippen LogP contribution in [-0.4, -0.2) is 0 Å². The first-order chi connectivity index (χ1) is 5.39. The standard InChI is InChI=1S/C6H6.C5H10.2CH4/c1-2-4-6-5-3-1;1-5-3-2-4-5;;/h1-6H;5H,2-4H2,1H3;2*1H4. The van der Waals surface area contributed by atoms with Gasteiger partial charge in [-0.15, -0.1) is 0 Å². The molecule has 0 radical (unpaired) electrons. The highest BCUT2D eigenvalue weighted by Crippen LogP contribution is 2.24. The Balaban J connectivity index is 0. The number of benzene rings is 1. The van der Waals surface area contributed by atoms with Crippen molar-refractivity contribution in [3.8, 4) is 0 Å². The summed E-state index contributed by atoms with van der Waals surface area (Å²) < 4.78 is 0. The minimum Gasteiger partial charge on any atom is -0.0776 e. The molecule has 1 saturated carbocycles. The fraction of sp³-hybridized carbons (Fsp3) is 0.538. The zero-order chi connectivity index (χ0) is 7.94. The topological polar surface area (TPSA) is 0 Å². The third-order valence-electron chi connectivity index (χ3n) is 2.06. The van der Waals surface area contributed by atoms with Crippen LogP contribution in [0, 0.1) is 5.92 Å². The second-order valence-electron chi connectivity index (χ2n) is 3.19. The van der Waals surface area contributed by atoms with Crippen molar-refractivity contribution in [1.29, 1.82) is 0 Å². The molecule has 0 bridgehead atoms. The summed E-state index contributed by atoms with van der Waals surface area (Å²) in [4.78, 5) is 0. The van der Waals surface area contributed by atoms with Gasteiger partial charge in [-0.2, -0.15) is 0 Å². The third-order valence-corrected chi connectivity index (χ3v) is 2.06. The van der Waals surface area contributed by atoms with Gasteiger partial charge in [-0.25, -0.2) is 0 Å². The van der Waals surface area contributed by atoms with Gasteiger partial charge in [0.15, 0.2) is 0 Å². The molecule has 1 fully saturated rings. The normalized spacial score (nSPS) is 13.6. The highest BCUT2D eigenvalue weighted by Gasteiger charge is 2.09. The predicted octanol–water partition coefficient (Wildman–Crippen LogP) is 4.77. The maximum absolute atomic E-state index is 2.31. The van der Waals surface area contributed by atoms with Gasteiger partial charge in [0.25, 0.3) is 0 Å². The van der Waals surface area contributed by atoms with E-state index in [-0.39, 0.29) is 14.9 Å². The molecular formula is C13H24. The Hall–Kier alpha value is -0.780. The van der Waals surface area contributed by atoms with Crippen LogP contribution >= 0.6 is 0 Å². The van der Waals surface area contributed by atoms with Crippen molar-refractivity contribution in [2.45, 2.75) is 41.0 Å². The largest absolute Gasteiger partial charge is 0.0776 e. The van der Waals surface area contributed by atoms with Crippen LogP contribution in [0.1, 0.15) is 41.0 Å². The highest BCUT2D eigenvalue weighted by atomic mass is 14.1. The van der Waals surface area contributed by atoms with Gasteiger partial charge in [0, 0.05) is 0 Å². The third kappa shape index (κ3) is 7.58. The van der Waals surface area contributed by atoms with Gasteiger partial charge in [-0.1, -0.05) is 77.4 Å². The van der Waals surface area contributed by atoms with E-state index >= 15 is 0 Å². The van der Waals surface area contributed by atoms with Gasteiger partial charge < -0.3 is 0 Å². The lowest BCUT2D eigenvalue weighted by molar-refractivity contribution is 0.346. The molecule has 0 heterocycles. The lowest BCUT2D eigenvalue weighted by Crippen LogP contribution is -2.04. The van der Waals surface area contributed by atoms with E-state index in [1.165, 1.54) is 19.3 Å². The van der Waals surface area contributed by atoms with Crippen LogP contribution < -0.4 is 0 Å². The summed E-state index contributed by atoms with van der Waals surface area (Å²) in [5.41, 5.74) is 0. The van der Waals surface area contributed by atoms with Crippen molar-refractivity contribution in [3.05, 3.63) is 36.4 Å². The van der Waals surface area contributed by atoms with Gasteiger partial charge in [0.05, 0.1) is 0 Å². The Labute approximate surface area is 84.0 Å². The summed E-state index contributed by atoms with van der Waals surface area (Å²) >= 11 is 0. The molecule has 0 heteroatoms. The molecule has 0 N–H and O–H groups in total. The second-order valence-corrected chi connectivity index (χ2v) is 3.19. The van der Waals surface area contributed by atoms with Crippen LogP contribution in [-0.2, 0) is 0 Å². The van der Waals surface area contributed by atoms with Gasteiger partial charge >= 0.3 is 0 Å². The summed E-state index contributed by atoms with van der Waals surface area (Å²) in [6, 6.07) is 12.0. The van der Waals surface area contributed by atoms with Crippen LogP contribution in [0.25, 0.3) is 0 Å². The van der Waals surface area contributed by atoms with E-state index in [4.69, 9.17) is 0 Å². The van der Waals surface area contributed by atoms with Gasteiger partial charge in [-0.05, 0) is 5.92 Å². The van der Waals surface area contributed by atoms with Crippen molar-refractivity contribution < 1.29 is 0 Å². The van der Waals surface area contributed by atoms with Crippen molar-refractivity contribution >= 4 is 0 Å². The first-order valence-electron chi connectivity index (χ1n) is 4.39. The van der Waals surface area contributed by atoms with Crippen LogP contribution in [0.5, 0.6) is 0 Å². The monoisotopic (exact) mass is 180 g/mol. The molecule has 1 aromatic rings. The average Bonchev–Trinajstić information content (AvgIpc) is 2.05. The zero-order valence-electron chi connectivity index (χ0n) is 7.16. The molecule has 1 aliphatic rings. The minimum atomic E-state index is 0. The summed E-state index contributed by atoms with van der Waals surface area (Å²) in [5.74, 6) is 1.06. The quantitative estimate of drug-likeness (QED) is 0.539. The molecule has 1 aliphatic carbocycles.